The fourth-order valence-electron chi connectivity index (χ4n) is 7.02. The zero-order chi connectivity index (χ0) is 38.5. The predicted molar refractivity (Wildman–Crippen MR) is 209 cm³/mol. The molecular formula is C43H51N5O6. The standard InChI is InChI=1S/C43H51N5O6/c1-42(2,54-27-43(3,4)52-5)26-46-40(50)29-18-19-33-31-14-8-9-15-32(31)36(35(33)22-29)25-53-41(51)45-21-20-39(49)48-24-30-13-7-6-12-28(30)23-37(47-44)34-16-10-11-17-38(34)48/h6-19,22,36-37,47H,20-21,23-27,44H2,1-5H3,(H,45,51)(H,46,50). The summed E-state index contributed by atoms with van der Waals surface area (Å²) in [6.07, 6.45) is 0.157. The first kappa shape index (κ1) is 38.6. The minimum atomic E-state index is -0.618. The lowest BCUT2D eigenvalue weighted by Gasteiger charge is -2.32. The van der Waals surface area contributed by atoms with E-state index in [2.05, 4.69) is 22.1 Å². The summed E-state index contributed by atoms with van der Waals surface area (Å²) in [4.78, 5) is 41.9. The zero-order valence-electron chi connectivity index (χ0n) is 31.7. The number of hydrogen-bond acceptors (Lipinski definition) is 8. The molecule has 4 aromatic rings. The summed E-state index contributed by atoms with van der Waals surface area (Å²) in [7, 11) is 1.64. The molecule has 11 heteroatoms. The van der Waals surface area contributed by atoms with Gasteiger partial charge >= 0.3 is 6.09 Å². The Morgan fingerprint density at radius 3 is 2.26 bits per heavy atom. The second-order valence-electron chi connectivity index (χ2n) is 15.1. The van der Waals surface area contributed by atoms with Crippen molar-refractivity contribution in [2.45, 2.75) is 70.2 Å². The van der Waals surface area contributed by atoms with E-state index in [4.69, 9.17) is 20.1 Å². The second kappa shape index (κ2) is 16.5. The van der Waals surface area contributed by atoms with Crippen molar-refractivity contribution in [3.8, 4) is 11.1 Å². The Balaban J connectivity index is 1.08. The number of carbonyl (C=O) groups excluding carboxylic acids is 3. The molecular weight excluding hydrogens is 683 g/mol. The molecule has 0 spiro atoms. The predicted octanol–water partition coefficient (Wildman–Crippen LogP) is 6.16. The lowest BCUT2D eigenvalue weighted by Crippen LogP contribution is -2.43. The molecule has 1 aliphatic heterocycles. The molecule has 284 valence electrons. The molecule has 3 amide bonds. The van der Waals surface area contributed by atoms with Gasteiger partial charge in [-0.05, 0) is 91.3 Å². The van der Waals surface area contributed by atoms with Crippen LogP contribution < -0.4 is 26.8 Å². The van der Waals surface area contributed by atoms with E-state index in [9.17, 15) is 14.4 Å². The van der Waals surface area contributed by atoms with E-state index in [1.807, 2.05) is 113 Å². The van der Waals surface area contributed by atoms with Crippen LogP contribution in [0.2, 0.25) is 0 Å². The lowest BCUT2D eigenvalue weighted by molar-refractivity contribution is -0.118. The molecule has 1 aliphatic carbocycles. The summed E-state index contributed by atoms with van der Waals surface area (Å²) in [5, 5.41) is 5.78. The van der Waals surface area contributed by atoms with Crippen LogP contribution in [0.25, 0.3) is 11.1 Å². The van der Waals surface area contributed by atoms with Crippen molar-refractivity contribution in [3.05, 3.63) is 124 Å². The van der Waals surface area contributed by atoms with Gasteiger partial charge in [0.15, 0.2) is 0 Å². The average Bonchev–Trinajstić information content (AvgIpc) is 3.49. The second-order valence-corrected chi connectivity index (χ2v) is 15.1. The van der Waals surface area contributed by atoms with Gasteiger partial charge in [0.2, 0.25) is 5.91 Å². The quantitative estimate of drug-likeness (QED) is 0.0946. The highest BCUT2D eigenvalue weighted by molar-refractivity contribution is 5.96. The number of ether oxygens (including phenoxy) is 3. The molecule has 0 radical (unpaired) electrons. The maximum Gasteiger partial charge on any atom is 0.407 e. The molecule has 54 heavy (non-hydrogen) atoms. The number of methoxy groups -OCH3 is 1. The molecule has 1 heterocycles. The van der Waals surface area contributed by atoms with Gasteiger partial charge in [0.1, 0.15) is 6.61 Å². The number of nitrogens with zero attached hydrogens (tertiary/aromatic N) is 1. The molecule has 0 saturated carbocycles. The number of para-hydroxylation sites is 1. The fourth-order valence-corrected chi connectivity index (χ4v) is 7.02. The smallest absolute Gasteiger partial charge is 0.407 e. The summed E-state index contributed by atoms with van der Waals surface area (Å²) < 4.78 is 17.3. The zero-order valence-corrected chi connectivity index (χ0v) is 31.7. The summed E-state index contributed by atoms with van der Waals surface area (Å²) in [6.45, 7) is 9.00. The Bertz CT molecular complexity index is 1990. The SMILES string of the molecule is COC(C)(C)COC(C)(C)CNC(=O)c1ccc2c(c1)C(COC(=O)NCCC(=O)N1Cc3ccccc3CC(NN)c3ccccc31)c1ccccc1-2. The molecule has 5 N–H and O–H groups in total. The Labute approximate surface area is 317 Å². The molecule has 0 aromatic heterocycles. The van der Waals surface area contributed by atoms with Crippen molar-refractivity contribution in [2.75, 3.05) is 38.3 Å². The van der Waals surface area contributed by atoms with E-state index in [-0.39, 0.29) is 43.3 Å². The number of hydrazine groups is 1. The number of anilines is 1. The summed E-state index contributed by atoms with van der Waals surface area (Å²) in [5.41, 5.74) is 10.2. The van der Waals surface area contributed by atoms with Gasteiger partial charge in [0.25, 0.3) is 5.91 Å². The minimum absolute atomic E-state index is 0.0643. The average molecular weight is 734 g/mol. The van der Waals surface area contributed by atoms with Crippen LogP contribution in [0.15, 0.2) is 91.0 Å². The normalized spacial score (nSPS) is 16.2. The van der Waals surface area contributed by atoms with Crippen LogP contribution in [-0.4, -0.2) is 62.5 Å². The number of nitrogens with two attached hydrogens (primary N) is 1. The first-order chi connectivity index (χ1) is 25.9. The number of nitrogens with one attached hydrogen (secondary N) is 3. The number of fused-ring (bicyclic) bond motifs is 5. The monoisotopic (exact) mass is 733 g/mol. The van der Waals surface area contributed by atoms with Crippen LogP contribution in [0, 0.1) is 0 Å². The maximum atomic E-state index is 13.8. The Hall–Kier alpha value is -5.07. The highest BCUT2D eigenvalue weighted by Gasteiger charge is 2.32. The molecule has 2 aliphatic rings. The van der Waals surface area contributed by atoms with Crippen molar-refractivity contribution >= 4 is 23.6 Å². The van der Waals surface area contributed by atoms with Crippen LogP contribution >= 0.6 is 0 Å². The van der Waals surface area contributed by atoms with Crippen molar-refractivity contribution in [1.29, 1.82) is 0 Å². The highest BCUT2D eigenvalue weighted by atomic mass is 16.6. The van der Waals surface area contributed by atoms with Gasteiger partial charge in [-0.3, -0.25) is 20.9 Å². The third-order valence-electron chi connectivity index (χ3n) is 10.3. The van der Waals surface area contributed by atoms with E-state index in [1.54, 1.807) is 12.0 Å². The number of alkyl carbamates (subject to hydrolysis) is 1. The van der Waals surface area contributed by atoms with E-state index in [0.29, 0.717) is 31.7 Å². The number of rotatable bonds is 13. The maximum absolute atomic E-state index is 13.8. The molecule has 11 nitrogen and oxygen atoms in total. The summed E-state index contributed by atoms with van der Waals surface area (Å²) in [6, 6.07) is 29.3. The van der Waals surface area contributed by atoms with Gasteiger partial charge < -0.3 is 29.7 Å². The highest BCUT2D eigenvalue weighted by Crippen LogP contribution is 2.45. The third-order valence-corrected chi connectivity index (χ3v) is 10.3. The van der Waals surface area contributed by atoms with Crippen molar-refractivity contribution < 1.29 is 28.6 Å². The Morgan fingerprint density at radius 1 is 0.815 bits per heavy atom. The molecule has 2 atom stereocenters. The van der Waals surface area contributed by atoms with Gasteiger partial charge in [-0.1, -0.05) is 72.8 Å². The topological polar surface area (TPSA) is 144 Å². The van der Waals surface area contributed by atoms with E-state index < -0.39 is 17.3 Å². The van der Waals surface area contributed by atoms with Crippen LogP contribution in [0.4, 0.5) is 10.5 Å². The van der Waals surface area contributed by atoms with Crippen LogP contribution in [0.3, 0.4) is 0 Å². The van der Waals surface area contributed by atoms with Gasteiger partial charge in [-0.2, -0.15) is 0 Å². The number of carbonyl (C=O) groups is 3. The van der Waals surface area contributed by atoms with Crippen molar-refractivity contribution in [3.63, 3.8) is 0 Å². The van der Waals surface area contributed by atoms with Crippen LogP contribution in [0.5, 0.6) is 0 Å². The first-order valence-corrected chi connectivity index (χ1v) is 18.4. The van der Waals surface area contributed by atoms with E-state index in [1.165, 1.54) is 0 Å². The van der Waals surface area contributed by atoms with Gasteiger partial charge in [0.05, 0.1) is 30.4 Å². The molecule has 4 aromatic carbocycles. The van der Waals surface area contributed by atoms with Crippen molar-refractivity contribution in [2.24, 2.45) is 5.84 Å². The molecule has 6 rings (SSSR count). The van der Waals surface area contributed by atoms with Crippen molar-refractivity contribution in [1.82, 2.24) is 16.1 Å². The summed E-state index contributed by atoms with van der Waals surface area (Å²) >= 11 is 0. The van der Waals surface area contributed by atoms with Crippen LogP contribution in [0.1, 0.15) is 84.3 Å². The van der Waals surface area contributed by atoms with Gasteiger partial charge in [0, 0.05) is 43.8 Å². The molecule has 0 saturated heterocycles. The van der Waals surface area contributed by atoms with E-state index in [0.717, 1.165) is 44.6 Å². The summed E-state index contributed by atoms with van der Waals surface area (Å²) in [5.74, 6) is 5.36. The van der Waals surface area contributed by atoms with Gasteiger partial charge in [-0.25, -0.2) is 4.79 Å². The van der Waals surface area contributed by atoms with Crippen LogP contribution in [-0.2, 0) is 32.0 Å². The van der Waals surface area contributed by atoms with E-state index >= 15 is 0 Å². The molecule has 0 bridgehead atoms. The lowest BCUT2D eigenvalue weighted by atomic mass is 9.92. The number of benzene rings is 4. The minimum Gasteiger partial charge on any atom is -0.449 e. The first-order valence-electron chi connectivity index (χ1n) is 18.4. The fraction of sp³-hybridized carbons (Fsp3) is 0.372. The number of hydrogen-bond donors (Lipinski definition) is 4. The Kier molecular flexibility index (Phi) is 11.8. The molecule has 0 fully saturated rings. The Morgan fingerprint density at radius 2 is 1.50 bits per heavy atom. The largest absolute Gasteiger partial charge is 0.449 e. The van der Waals surface area contributed by atoms with Gasteiger partial charge in [-0.15, -0.1) is 0 Å². The molecule has 2 unspecified atom stereocenters. The third kappa shape index (κ3) is 8.82. The number of amides is 3.